The third-order valence-corrected chi connectivity index (χ3v) is 7.70. The third-order valence-electron chi connectivity index (χ3n) is 6.89. The Morgan fingerprint density at radius 2 is 1.63 bits per heavy atom. The quantitative estimate of drug-likeness (QED) is 0.284. The molecule has 0 radical (unpaired) electrons. The van der Waals surface area contributed by atoms with Crippen LogP contribution in [0.15, 0.2) is 60.7 Å². The van der Waals surface area contributed by atoms with Crippen molar-refractivity contribution in [3.63, 3.8) is 0 Å². The van der Waals surface area contributed by atoms with Crippen molar-refractivity contribution in [3.8, 4) is 11.1 Å². The van der Waals surface area contributed by atoms with Crippen LogP contribution in [0.5, 0.6) is 0 Å². The SMILES string of the molecule is Cl.O=C(NCCCCN1CCN(c2cccc(Cl)c2Cl)CC1)c1ccc2c(c1)Cc1ccccc1-2. The maximum absolute atomic E-state index is 12.7. The van der Waals surface area contributed by atoms with Gasteiger partial charge in [0.25, 0.3) is 5.91 Å². The van der Waals surface area contributed by atoms with Crippen LogP contribution in [0.1, 0.15) is 34.3 Å². The zero-order chi connectivity index (χ0) is 23.5. The molecule has 1 fully saturated rings. The lowest BCUT2D eigenvalue weighted by Gasteiger charge is -2.36. The topological polar surface area (TPSA) is 35.6 Å². The second kappa shape index (κ2) is 11.7. The Morgan fingerprint density at radius 1 is 0.857 bits per heavy atom. The first-order valence-electron chi connectivity index (χ1n) is 12.0. The second-order valence-electron chi connectivity index (χ2n) is 9.07. The van der Waals surface area contributed by atoms with Crippen LogP contribution in [0, 0.1) is 0 Å². The molecule has 184 valence electrons. The first-order chi connectivity index (χ1) is 16.6. The lowest BCUT2D eigenvalue weighted by Crippen LogP contribution is -2.46. The maximum Gasteiger partial charge on any atom is 0.251 e. The van der Waals surface area contributed by atoms with E-state index >= 15 is 0 Å². The highest BCUT2D eigenvalue weighted by atomic mass is 35.5. The highest BCUT2D eigenvalue weighted by Crippen LogP contribution is 2.36. The highest BCUT2D eigenvalue weighted by Gasteiger charge is 2.20. The number of fused-ring (bicyclic) bond motifs is 3. The number of nitrogens with zero attached hydrogens (tertiary/aromatic N) is 2. The van der Waals surface area contributed by atoms with Gasteiger partial charge < -0.3 is 10.2 Å². The molecule has 7 heteroatoms. The van der Waals surface area contributed by atoms with Gasteiger partial charge in [0.15, 0.2) is 0 Å². The molecule has 1 N–H and O–H groups in total. The summed E-state index contributed by atoms with van der Waals surface area (Å²) in [6.07, 6.45) is 2.95. The Kier molecular flexibility index (Phi) is 8.61. The molecule has 3 aromatic carbocycles. The van der Waals surface area contributed by atoms with Gasteiger partial charge >= 0.3 is 0 Å². The van der Waals surface area contributed by atoms with E-state index in [2.05, 4.69) is 51.5 Å². The third kappa shape index (κ3) is 5.78. The van der Waals surface area contributed by atoms with E-state index in [1.807, 2.05) is 24.3 Å². The summed E-state index contributed by atoms with van der Waals surface area (Å²) >= 11 is 12.5. The van der Waals surface area contributed by atoms with E-state index in [0.717, 1.165) is 63.2 Å². The molecular weight excluding hydrogens is 501 g/mol. The highest BCUT2D eigenvalue weighted by molar-refractivity contribution is 6.43. The van der Waals surface area contributed by atoms with Crippen LogP contribution in [-0.4, -0.2) is 50.1 Å². The van der Waals surface area contributed by atoms with E-state index in [9.17, 15) is 4.79 Å². The van der Waals surface area contributed by atoms with Crippen molar-refractivity contribution >= 4 is 47.2 Å². The molecule has 5 rings (SSSR count). The first-order valence-corrected chi connectivity index (χ1v) is 12.8. The monoisotopic (exact) mass is 529 g/mol. The van der Waals surface area contributed by atoms with Crippen molar-refractivity contribution in [3.05, 3.63) is 87.4 Å². The van der Waals surface area contributed by atoms with Crippen LogP contribution in [-0.2, 0) is 6.42 Å². The summed E-state index contributed by atoms with van der Waals surface area (Å²) in [6.45, 7) is 5.65. The number of nitrogens with one attached hydrogen (secondary N) is 1. The molecule has 0 bridgehead atoms. The molecular formula is C28H30Cl3N3O. The number of amides is 1. The molecule has 0 unspecified atom stereocenters. The summed E-state index contributed by atoms with van der Waals surface area (Å²) in [5.41, 5.74) is 6.90. The summed E-state index contributed by atoms with van der Waals surface area (Å²) in [6, 6.07) is 20.4. The normalized spacial score (nSPS) is 14.7. The number of carbonyl (C=O) groups is 1. The number of anilines is 1. The molecule has 1 aliphatic heterocycles. The number of unbranched alkanes of at least 4 members (excludes halogenated alkanes) is 1. The van der Waals surface area contributed by atoms with Crippen LogP contribution in [0.2, 0.25) is 10.0 Å². The fourth-order valence-electron chi connectivity index (χ4n) is 5.00. The zero-order valence-corrected chi connectivity index (χ0v) is 21.9. The average molecular weight is 531 g/mol. The van der Waals surface area contributed by atoms with Gasteiger partial charge in [-0.15, -0.1) is 12.4 Å². The van der Waals surface area contributed by atoms with E-state index < -0.39 is 0 Å². The Balaban J connectivity index is 0.00000289. The Morgan fingerprint density at radius 3 is 2.46 bits per heavy atom. The average Bonchev–Trinajstić information content (AvgIpc) is 3.24. The van der Waals surface area contributed by atoms with Crippen LogP contribution in [0.3, 0.4) is 0 Å². The number of benzene rings is 3. The van der Waals surface area contributed by atoms with Crippen LogP contribution in [0.25, 0.3) is 11.1 Å². The van der Waals surface area contributed by atoms with Crippen LogP contribution >= 0.6 is 35.6 Å². The minimum atomic E-state index is 0. The van der Waals surface area contributed by atoms with Gasteiger partial charge in [-0.3, -0.25) is 9.69 Å². The summed E-state index contributed by atoms with van der Waals surface area (Å²) in [5.74, 6) is 0.0192. The Bertz CT molecular complexity index is 1190. The van der Waals surface area contributed by atoms with Crippen molar-refractivity contribution in [2.24, 2.45) is 0 Å². The number of rotatable bonds is 7. The molecule has 4 nitrogen and oxygen atoms in total. The molecule has 0 spiro atoms. The summed E-state index contributed by atoms with van der Waals surface area (Å²) in [4.78, 5) is 17.4. The van der Waals surface area contributed by atoms with Crippen LogP contribution < -0.4 is 10.2 Å². The Hall–Kier alpha value is -2.24. The number of hydrogen-bond donors (Lipinski definition) is 1. The van der Waals surface area contributed by atoms with Gasteiger partial charge in [0.2, 0.25) is 0 Å². The number of carbonyl (C=O) groups excluding carboxylic acids is 1. The van der Waals surface area contributed by atoms with Gasteiger partial charge in [-0.05, 0) is 72.3 Å². The van der Waals surface area contributed by atoms with E-state index in [1.165, 1.54) is 22.3 Å². The Labute approximate surface area is 223 Å². The van der Waals surface area contributed by atoms with E-state index in [0.29, 0.717) is 16.6 Å². The van der Waals surface area contributed by atoms with Gasteiger partial charge in [-0.1, -0.05) is 59.6 Å². The molecule has 35 heavy (non-hydrogen) atoms. The van der Waals surface area contributed by atoms with Crippen molar-refractivity contribution in [2.75, 3.05) is 44.2 Å². The minimum Gasteiger partial charge on any atom is -0.368 e. The van der Waals surface area contributed by atoms with E-state index in [4.69, 9.17) is 23.2 Å². The lowest BCUT2D eigenvalue weighted by atomic mass is 10.0. The first kappa shape index (κ1) is 25.8. The largest absolute Gasteiger partial charge is 0.368 e. The van der Waals surface area contributed by atoms with Crippen molar-refractivity contribution in [1.82, 2.24) is 10.2 Å². The van der Waals surface area contributed by atoms with Gasteiger partial charge in [0.05, 0.1) is 15.7 Å². The summed E-state index contributed by atoms with van der Waals surface area (Å²) < 4.78 is 0. The van der Waals surface area contributed by atoms with Gasteiger partial charge in [-0.2, -0.15) is 0 Å². The van der Waals surface area contributed by atoms with E-state index in [1.54, 1.807) is 0 Å². The van der Waals surface area contributed by atoms with Gasteiger partial charge in [0, 0.05) is 38.3 Å². The second-order valence-corrected chi connectivity index (χ2v) is 9.86. The van der Waals surface area contributed by atoms with E-state index in [-0.39, 0.29) is 18.3 Å². The standard InChI is InChI=1S/C28H29Cl2N3O.ClH/c29-25-8-5-9-26(27(25)30)33-16-14-32(15-17-33)13-4-3-12-31-28(34)21-10-11-24-22(19-21)18-20-6-1-2-7-23(20)24;/h1-2,5-11,19H,3-4,12-18H2,(H,31,34);1H. The molecule has 3 aromatic rings. The van der Waals surface area contributed by atoms with Gasteiger partial charge in [-0.25, -0.2) is 0 Å². The predicted octanol–water partition coefficient (Wildman–Crippen LogP) is 6.32. The van der Waals surface area contributed by atoms with Crippen molar-refractivity contribution < 1.29 is 4.79 Å². The fraction of sp³-hybridized carbons (Fsp3) is 0.321. The minimum absolute atomic E-state index is 0. The zero-order valence-electron chi connectivity index (χ0n) is 19.6. The number of hydrogen-bond acceptors (Lipinski definition) is 3. The molecule has 0 atom stereocenters. The lowest BCUT2D eigenvalue weighted by molar-refractivity contribution is 0.0952. The molecule has 0 saturated carbocycles. The van der Waals surface area contributed by atoms with Crippen LogP contribution in [0.4, 0.5) is 5.69 Å². The van der Waals surface area contributed by atoms with Crippen molar-refractivity contribution in [1.29, 1.82) is 0 Å². The molecule has 1 heterocycles. The molecule has 0 aromatic heterocycles. The predicted molar refractivity (Wildman–Crippen MR) is 149 cm³/mol. The summed E-state index contributed by atoms with van der Waals surface area (Å²) in [5, 5.41) is 4.34. The molecule has 1 amide bonds. The van der Waals surface area contributed by atoms with Crippen molar-refractivity contribution in [2.45, 2.75) is 19.3 Å². The van der Waals surface area contributed by atoms with Gasteiger partial charge in [0.1, 0.15) is 0 Å². The molecule has 1 saturated heterocycles. The molecule has 2 aliphatic rings. The summed E-state index contributed by atoms with van der Waals surface area (Å²) in [7, 11) is 0. The maximum atomic E-state index is 12.7. The number of halogens is 3. The number of piperazine rings is 1. The fourth-order valence-corrected chi connectivity index (χ4v) is 5.41. The smallest absolute Gasteiger partial charge is 0.251 e. The molecule has 1 aliphatic carbocycles.